The van der Waals surface area contributed by atoms with Crippen molar-refractivity contribution in [2.75, 3.05) is 5.32 Å². The molecule has 0 atom stereocenters. The maximum absolute atomic E-state index is 12.4. The molecule has 1 saturated carbocycles. The third-order valence-corrected chi connectivity index (χ3v) is 5.49. The Morgan fingerprint density at radius 3 is 2.12 bits per heavy atom. The smallest absolute Gasteiger partial charge is 0.341 e. The van der Waals surface area contributed by atoms with Crippen molar-refractivity contribution in [1.82, 2.24) is 5.32 Å². The number of amides is 2. The van der Waals surface area contributed by atoms with Crippen LogP contribution in [0.15, 0.2) is 29.2 Å². The molecule has 2 rings (SSSR count). The fraction of sp³-hybridized carbons (Fsp3) is 0.467. The van der Waals surface area contributed by atoms with Gasteiger partial charge >= 0.3 is 17.8 Å². The van der Waals surface area contributed by atoms with Gasteiger partial charge in [0, 0.05) is 11.7 Å². The van der Waals surface area contributed by atoms with E-state index in [2.05, 4.69) is 10.6 Å². The summed E-state index contributed by atoms with van der Waals surface area (Å²) in [6, 6.07) is 3.76. The standard InChI is InChI=1S/C15H18F2N2O5S/c16-14(17)25(23,24)12-7-5-11(6-8-12)19-15(22)18-10-3-1-9(2-4-10)13(20)21/h5-10,14H,1-4H2,(H,20,21)(H2,18,19,22). The summed E-state index contributed by atoms with van der Waals surface area (Å²) in [6.07, 6.45) is 2.08. The van der Waals surface area contributed by atoms with Crippen molar-refractivity contribution in [2.24, 2.45) is 5.92 Å². The number of urea groups is 1. The largest absolute Gasteiger partial charge is 0.481 e. The van der Waals surface area contributed by atoms with Crippen molar-refractivity contribution in [1.29, 1.82) is 0 Å². The SMILES string of the molecule is O=C(Nc1ccc(S(=O)(=O)C(F)F)cc1)NC1CCC(C(=O)O)CC1. The number of benzene rings is 1. The Morgan fingerprint density at radius 1 is 1.08 bits per heavy atom. The van der Waals surface area contributed by atoms with Crippen LogP contribution in [-0.4, -0.2) is 37.3 Å². The number of halogens is 2. The van der Waals surface area contributed by atoms with E-state index >= 15 is 0 Å². The lowest BCUT2D eigenvalue weighted by molar-refractivity contribution is -0.142. The molecule has 7 nitrogen and oxygen atoms in total. The van der Waals surface area contributed by atoms with E-state index in [0.717, 1.165) is 12.1 Å². The van der Waals surface area contributed by atoms with Gasteiger partial charge in [-0.2, -0.15) is 8.78 Å². The van der Waals surface area contributed by atoms with E-state index in [0.29, 0.717) is 25.7 Å². The van der Waals surface area contributed by atoms with Crippen LogP contribution in [0.2, 0.25) is 0 Å². The number of sulfone groups is 1. The lowest BCUT2D eigenvalue weighted by Crippen LogP contribution is -2.40. The summed E-state index contributed by atoms with van der Waals surface area (Å²) in [6.45, 7) is 0. The van der Waals surface area contributed by atoms with Gasteiger partial charge in [0.15, 0.2) is 0 Å². The third-order valence-electron chi connectivity index (χ3n) is 4.09. The van der Waals surface area contributed by atoms with E-state index in [-0.39, 0.29) is 17.6 Å². The number of alkyl halides is 2. The first-order valence-electron chi connectivity index (χ1n) is 7.62. The van der Waals surface area contributed by atoms with Crippen molar-refractivity contribution in [3.05, 3.63) is 24.3 Å². The fourth-order valence-electron chi connectivity index (χ4n) is 2.67. The molecule has 0 aromatic heterocycles. The molecule has 1 aromatic carbocycles. The Bertz CT molecular complexity index is 729. The Balaban J connectivity index is 1.88. The van der Waals surface area contributed by atoms with Crippen molar-refractivity contribution in [3.63, 3.8) is 0 Å². The average Bonchev–Trinajstić information content (AvgIpc) is 2.55. The highest BCUT2D eigenvalue weighted by Crippen LogP contribution is 2.24. The summed E-state index contributed by atoms with van der Waals surface area (Å²) in [5, 5.41) is 14.1. The second-order valence-electron chi connectivity index (χ2n) is 5.82. The van der Waals surface area contributed by atoms with Gasteiger partial charge in [-0.05, 0) is 49.9 Å². The van der Waals surface area contributed by atoms with Crippen LogP contribution in [0, 0.1) is 5.92 Å². The number of aliphatic carboxylic acids is 1. The van der Waals surface area contributed by atoms with Gasteiger partial charge in [-0.15, -0.1) is 0 Å². The number of carboxylic acid groups (broad SMARTS) is 1. The summed E-state index contributed by atoms with van der Waals surface area (Å²) in [5.74, 6) is -4.72. The first-order valence-corrected chi connectivity index (χ1v) is 9.17. The third kappa shape index (κ3) is 4.88. The highest BCUT2D eigenvalue weighted by molar-refractivity contribution is 7.91. The Hall–Kier alpha value is -2.23. The highest BCUT2D eigenvalue weighted by Gasteiger charge is 2.27. The molecule has 1 aromatic rings. The zero-order valence-corrected chi connectivity index (χ0v) is 13.9. The molecule has 0 aliphatic heterocycles. The summed E-state index contributed by atoms with van der Waals surface area (Å²) in [7, 11) is -4.67. The molecule has 0 radical (unpaired) electrons. The minimum absolute atomic E-state index is 0.144. The maximum Gasteiger partial charge on any atom is 0.341 e. The van der Waals surface area contributed by atoms with E-state index in [1.165, 1.54) is 12.1 Å². The molecule has 0 unspecified atom stereocenters. The minimum Gasteiger partial charge on any atom is -0.481 e. The predicted octanol–water partition coefficient (Wildman–Crippen LogP) is 2.45. The number of nitrogens with one attached hydrogen (secondary N) is 2. The van der Waals surface area contributed by atoms with Gasteiger partial charge in [-0.25, -0.2) is 13.2 Å². The summed E-state index contributed by atoms with van der Waals surface area (Å²) in [5.41, 5.74) is 0.255. The van der Waals surface area contributed by atoms with Crippen molar-refractivity contribution in [2.45, 2.75) is 42.4 Å². The first-order chi connectivity index (χ1) is 11.7. The van der Waals surface area contributed by atoms with Crippen LogP contribution in [0.1, 0.15) is 25.7 Å². The normalized spacial score (nSPS) is 20.9. The molecule has 1 fully saturated rings. The van der Waals surface area contributed by atoms with Crippen molar-refractivity contribution >= 4 is 27.5 Å². The molecule has 2 amide bonds. The molecule has 0 bridgehead atoms. The van der Waals surface area contributed by atoms with Crippen LogP contribution in [-0.2, 0) is 14.6 Å². The number of hydrogen-bond acceptors (Lipinski definition) is 4. The number of hydrogen-bond donors (Lipinski definition) is 3. The number of rotatable bonds is 5. The van der Waals surface area contributed by atoms with E-state index < -0.39 is 32.5 Å². The Morgan fingerprint density at radius 2 is 1.64 bits per heavy atom. The molecule has 25 heavy (non-hydrogen) atoms. The van der Waals surface area contributed by atoms with Gasteiger partial charge in [0.05, 0.1) is 10.8 Å². The topological polar surface area (TPSA) is 113 Å². The summed E-state index contributed by atoms with van der Waals surface area (Å²) in [4.78, 5) is 22.3. The second kappa shape index (κ2) is 7.77. The zero-order valence-electron chi connectivity index (χ0n) is 13.1. The molecule has 3 N–H and O–H groups in total. The zero-order chi connectivity index (χ0) is 18.6. The van der Waals surface area contributed by atoms with Crippen molar-refractivity contribution in [3.8, 4) is 0 Å². The van der Waals surface area contributed by atoms with E-state index in [1.807, 2.05) is 0 Å². The van der Waals surface area contributed by atoms with Crippen molar-refractivity contribution < 1.29 is 31.9 Å². The molecule has 0 spiro atoms. The van der Waals surface area contributed by atoms with E-state index in [9.17, 15) is 26.8 Å². The first kappa shape index (κ1) is 19.1. The highest BCUT2D eigenvalue weighted by atomic mass is 32.2. The molecular formula is C15H18F2N2O5S. The molecule has 0 heterocycles. The average molecular weight is 376 g/mol. The number of carbonyl (C=O) groups excluding carboxylic acids is 1. The molecular weight excluding hydrogens is 358 g/mol. The monoisotopic (exact) mass is 376 g/mol. The van der Waals surface area contributed by atoms with Gasteiger partial charge < -0.3 is 15.7 Å². The predicted molar refractivity (Wildman–Crippen MR) is 85.2 cm³/mol. The number of anilines is 1. The molecule has 1 aliphatic rings. The quantitative estimate of drug-likeness (QED) is 0.731. The van der Waals surface area contributed by atoms with Crippen LogP contribution >= 0.6 is 0 Å². The maximum atomic E-state index is 12.4. The van der Waals surface area contributed by atoms with Crippen LogP contribution in [0.4, 0.5) is 19.3 Å². The fourth-order valence-corrected chi connectivity index (χ4v) is 3.39. The molecule has 0 saturated heterocycles. The number of carboxylic acids is 1. The molecule has 10 heteroatoms. The summed E-state index contributed by atoms with van der Waals surface area (Å²) >= 11 is 0. The Labute approximate surface area is 143 Å². The Kier molecular flexibility index (Phi) is 5.93. The van der Waals surface area contributed by atoms with Crippen LogP contribution < -0.4 is 10.6 Å². The molecule has 1 aliphatic carbocycles. The van der Waals surface area contributed by atoms with Gasteiger partial charge in [-0.1, -0.05) is 0 Å². The molecule has 138 valence electrons. The van der Waals surface area contributed by atoms with Gasteiger partial charge in [0.25, 0.3) is 0 Å². The summed E-state index contributed by atoms with van der Waals surface area (Å²) < 4.78 is 47.5. The number of carbonyl (C=O) groups is 2. The van der Waals surface area contributed by atoms with E-state index in [4.69, 9.17) is 5.11 Å². The minimum atomic E-state index is -4.67. The van der Waals surface area contributed by atoms with Gasteiger partial charge in [-0.3, -0.25) is 4.79 Å². The second-order valence-corrected chi connectivity index (χ2v) is 7.73. The van der Waals surface area contributed by atoms with Crippen LogP contribution in [0.5, 0.6) is 0 Å². The lowest BCUT2D eigenvalue weighted by Gasteiger charge is -2.26. The van der Waals surface area contributed by atoms with Gasteiger partial charge in [0.2, 0.25) is 9.84 Å². The van der Waals surface area contributed by atoms with E-state index in [1.54, 1.807) is 0 Å². The van der Waals surface area contributed by atoms with Crippen LogP contribution in [0.25, 0.3) is 0 Å². The van der Waals surface area contributed by atoms with Crippen LogP contribution in [0.3, 0.4) is 0 Å². The lowest BCUT2D eigenvalue weighted by atomic mass is 9.86. The van der Waals surface area contributed by atoms with Gasteiger partial charge in [0.1, 0.15) is 0 Å².